The van der Waals surface area contributed by atoms with Gasteiger partial charge in [0.1, 0.15) is 5.75 Å². The van der Waals surface area contributed by atoms with E-state index in [1.54, 1.807) is 12.1 Å². The second-order valence-electron chi connectivity index (χ2n) is 6.92. The molecule has 0 saturated carbocycles. The number of carbonyl (C=O) groups is 2. The molecular weight excluding hydrogens is 411 g/mol. The lowest BCUT2D eigenvalue weighted by Gasteiger charge is -2.12. The van der Waals surface area contributed by atoms with Crippen molar-refractivity contribution < 1.29 is 27.5 Å². The second kappa shape index (κ2) is 7.67. The number of hydrogen-bond acceptors (Lipinski definition) is 3. The van der Waals surface area contributed by atoms with Crippen LogP contribution in [0.5, 0.6) is 11.5 Å². The summed E-state index contributed by atoms with van der Waals surface area (Å²) < 4.78 is 44.3. The first-order valence-corrected chi connectivity index (χ1v) is 9.18. The molecule has 158 valence electrons. The van der Waals surface area contributed by atoms with Gasteiger partial charge in [0, 0.05) is 11.4 Å². The van der Waals surface area contributed by atoms with Gasteiger partial charge in [0.25, 0.3) is 5.91 Å². The van der Waals surface area contributed by atoms with Gasteiger partial charge < -0.3 is 20.7 Å². The van der Waals surface area contributed by atoms with Crippen LogP contribution < -0.4 is 20.7 Å². The van der Waals surface area contributed by atoms with Crippen molar-refractivity contribution in [2.75, 3.05) is 16.0 Å². The number of rotatable bonds is 2. The molecule has 1 aliphatic rings. The lowest BCUT2D eigenvalue weighted by molar-refractivity contribution is -0.137. The fourth-order valence-corrected chi connectivity index (χ4v) is 3.08. The van der Waals surface area contributed by atoms with Crippen LogP contribution in [0.3, 0.4) is 0 Å². The molecule has 31 heavy (non-hydrogen) atoms. The van der Waals surface area contributed by atoms with Gasteiger partial charge in [-0.1, -0.05) is 12.1 Å². The summed E-state index contributed by atoms with van der Waals surface area (Å²) >= 11 is 0. The van der Waals surface area contributed by atoms with Gasteiger partial charge in [-0.2, -0.15) is 13.2 Å². The summed E-state index contributed by atoms with van der Waals surface area (Å²) in [6, 6.07) is 13.4. The standard InChI is InChI=1S/C22H16F3N3O3/c1-12-5-7-19-17(9-12)28-20(29)16-11-15(6-8-18(16)31-19)27-21(30)26-14-4-2-3-13(10-14)22(23,24)25/h2-11H,1H3,(H,28,29)(H2,26,27,30). The van der Waals surface area contributed by atoms with E-state index in [9.17, 15) is 22.8 Å². The van der Waals surface area contributed by atoms with Crippen molar-refractivity contribution >= 4 is 29.0 Å². The summed E-state index contributed by atoms with van der Waals surface area (Å²) in [5.41, 5.74) is 1.04. The maximum absolute atomic E-state index is 12.8. The van der Waals surface area contributed by atoms with Crippen molar-refractivity contribution in [2.45, 2.75) is 13.1 Å². The summed E-state index contributed by atoms with van der Waals surface area (Å²) in [7, 11) is 0. The van der Waals surface area contributed by atoms with E-state index < -0.39 is 23.7 Å². The van der Waals surface area contributed by atoms with Crippen molar-refractivity contribution in [3.63, 3.8) is 0 Å². The fraction of sp³-hybridized carbons (Fsp3) is 0.0909. The fourth-order valence-electron chi connectivity index (χ4n) is 3.08. The second-order valence-corrected chi connectivity index (χ2v) is 6.92. The zero-order chi connectivity index (χ0) is 22.2. The van der Waals surface area contributed by atoms with Gasteiger partial charge >= 0.3 is 12.2 Å². The van der Waals surface area contributed by atoms with E-state index in [4.69, 9.17) is 4.74 Å². The van der Waals surface area contributed by atoms with Crippen LogP contribution in [-0.4, -0.2) is 11.9 Å². The number of fused-ring (bicyclic) bond motifs is 2. The predicted molar refractivity (Wildman–Crippen MR) is 110 cm³/mol. The number of alkyl halides is 3. The molecule has 0 aliphatic carbocycles. The van der Waals surface area contributed by atoms with Crippen molar-refractivity contribution in [1.29, 1.82) is 0 Å². The molecule has 3 N–H and O–H groups in total. The van der Waals surface area contributed by atoms with Gasteiger partial charge in [-0.3, -0.25) is 4.79 Å². The summed E-state index contributed by atoms with van der Waals surface area (Å²) in [4.78, 5) is 24.9. The Kier molecular flexibility index (Phi) is 5.02. The van der Waals surface area contributed by atoms with Gasteiger partial charge in [-0.05, 0) is 61.0 Å². The maximum atomic E-state index is 12.8. The Labute approximate surface area is 175 Å². The quantitative estimate of drug-likeness (QED) is 0.468. The Balaban J connectivity index is 1.51. The minimum atomic E-state index is -4.52. The molecular formula is C22H16F3N3O3. The van der Waals surface area contributed by atoms with Crippen LogP contribution in [-0.2, 0) is 6.18 Å². The van der Waals surface area contributed by atoms with E-state index in [0.29, 0.717) is 17.2 Å². The summed E-state index contributed by atoms with van der Waals surface area (Å²) in [6.07, 6.45) is -4.52. The summed E-state index contributed by atoms with van der Waals surface area (Å²) in [6.45, 7) is 1.88. The largest absolute Gasteiger partial charge is 0.454 e. The number of ether oxygens (including phenoxy) is 1. The monoisotopic (exact) mass is 427 g/mol. The SMILES string of the molecule is Cc1ccc2c(c1)NC(=O)c1cc(NC(=O)Nc3cccc(C(F)(F)F)c3)ccc1O2. The van der Waals surface area contributed by atoms with E-state index in [1.807, 2.05) is 13.0 Å². The average Bonchev–Trinajstić information content (AvgIpc) is 2.83. The normalized spacial score (nSPS) is 12.6. The minimum Gasteiger partial charge on any atom is -0.454 e. The third kappa shape index (κ3) is 4.45. The minimum absolute atomic E-state index is 0.0195. The number of halogens is 3. The van der Waals surface area contributed by atoms with Gasteiger partial charge in [-0.15, -0.1) is 0 Å². The van der Waals surface area contributed by atoms with Gasteiger partial charge in [0.05, 0.1) is 16.8 Å². The van der Waals surface area contributed by atoms with E-state index >= 15 is 0 Å². The topological polar surface area (TPSA) is 79.5 Å². The highest BCUT2D eigenvalue weighted by Crippen LogP contribution is 2.37. The summed E-state index contributed by atoms with van der Waals surface area (Å²) in [5.74, 6) is 0.380. The molecule has 3 amide bonds. The zero-order valence-corrected chi connectivity index (χ0v) is 16.1. The van der Waals surface area contributed by atoms with Crippen LogP contribution in [0.15, 0.2) is 60.7 Å². The van der Waals surface area contributed by atoms with Crippen LogP contribution in [0.4, 0.5) is 35.0 Å². The maximum Gasteiger partial charge on any atom is 0.416 e. The van der Waals surface area contributed by atoms with Crippen LogP contribution in [0.2, 0.25) is 0 Å². The molecule has 3 aromatic rings. The highest BCUT2D eigenvalue weighted by molar-refractivity contribution is 6.09. The number of amides is 3. The first-order chi connectivity index (χ1) is 14.7. The predicted octanol–water partition coefficient (Wildman–Crippen LogP) is 6.02. The van der Waals surface area contributed by atoms with Gasteiger partial charge in [0.2, 0.25) is 0 Å². The zero-order valence-electron chi connectivity index (χ0n) is 16.1. The molecule has 0 unspecified atom stereocenters. The third-order valence-electron chi connectivity index (χ3n) is 4.53. The van der Waals surface area contributed by atoms with Crippen molar-refractivity contribution in [2.24, 2.45) is 0 Å². The number of aryl methyl sites for hydroxylation is 1. The molecule has 0 atom stereocenters. The third-order valence-corrected chi connectivity index (χ3v) is 4.53. The van der Waals surface area contributed by atoms with Crippen molar-refractivity contribution in [3.05, 3.63) is 77.4 Å². The molecule has 0 bridgehead atoms. The number of nitrogens with one attached hydrogen (secondary N) is 3. The van der Waals surface area contributed by atoms with Crippen molar-refractivity contribution in [1.82, 2.24) is 0 Å². The number of benzene rings is 3. The summed E-state index contributed by atoms with van der Waals surface area (Å²) in [5, 5.41) is 7.61. The number of hydrogen-bond donors (Lipinski definition) is 3. The number of anilines is 3. The Morgan fingerprint density at radius 1 is 0.935 bits per heavy atom. The Morgan fingerprint density at radius 3 is 2.39 bits per heavy atom. The van der Waals surface area contributed by atoms with Crippen LogP contribution in [0.25, 0.3) is 0 Å². The molecule has 1 aliphatic heterocycles. The Bertz CT molecular complexity index is 1190. The molecule has 0 radical (unpaired) electrons. The van der Waals surface area contributed by atoms with Crippen molar-refractivity contribution in [3.8, 4) is 11.5 Å². The van der Waals surface area contributed by atoms with E-state index in [2.05, 4.69) is 16.0 Å². The molecule has 0 spiro atoms. The highest BCUT2D eigenvalue weighted by Gasteiger charge is 2.30. The smallest absolute Gasteiger partial charge is 0.416 e. The molecule has 3 aromatic carbocycles. The Morgan fingerprint density at radius 2 is 1.65 bits per heavy atom. The first-order valence-electron chi connectivity index (χ1n) is 9.18. The average molecular weight is 427 g/mol. The molecule has 0 saturated heterocycles. The molecule has 4 rings (SSSR count). The van der Waals surface area contributed by atoms with E-state index in [-0.39, 0.29) is 16.9 Å². The van der Waals surface area contributed by atoms with Gasteiger partial charge in [-0.25, -0.2) is 4.79 Å². The number of urea groups is 1. The molecule has 1 heterocycles. The first kappa shape index (κ1) is 20.3. The van der Waals surface area contributed by atoms with E-state index in [0.717, 1.165) is 17.7 Å². The van der Waals surface area contributed by atoms with Crippen LogP contribution >= 0.6 is 0 Å². The van der Waals surface area contributed by atoms with Gasteiger partial charge in [0.15, 0.2) is 5.75 Å². The van der Waals surface area contributed by atoms with Crippen LogP contribution in [0.1, 0.15) is 21.5 Å². The highest BCUT2D eigenvalue weighted by atomic mass is 19.4. The molecule has 0 aromatic heterocycles. The van der Waals surface area contributed by atoms with E-state index in [1.165, 1.54) is 30.3 Å². The lowest BCUT2D eigenvalue weighted by Crippen LogP contribution is -2.20. The molecule has 9 heteroatoms. The Hall–Kier alpha value is -4.01. The van der Waals surface area contributed by atoms with Crippen LogP contribution in [0, 0.1) is 6.92 Å². The molecule has 6 nitrogen and oxygen atoms in total. The number of carbonyl (C=O) groups excluding carboxylic acids is 2. The molecule has 0 fully saturated rings. The lowest BCUT2D eigenvalue weighted by atomic mass is 10.1.